The minimum absolute atomic E-state index is 0.00956. The Morgan fingerprint density at radius 2 is 2.12 bits per heavy atom. The molecule has 0 fully saturated rings. The van der Waals surface area contributed by atoms with E-state index in [2.05, 4.69) is 25.7 Å². The topological polar surface area (TPSA) is 80.7 Å². The van der Waals surface area contributed by atoms with Crippen LogP contribution in [-0.4, -0.2) is 38.7 Å². The lowest BCUT2D eigenvalue weighted by Gasteiger charge is -2.14. The van der Waals surface area contributed by atoms with Gasteiger partial charge in [-0.15, -0.1) is 10.2 Å². The monoisotopic (exact) mass is 344 g/mol. The Hall–Kier alpha value is -2.58. The molecule has 0 saturated carbocycles. The van der Waals surface area contributed by atoms with E-state index in [9.17, 15) is 4.39 Å². The number of nitrogens with one attached hydrogen (secondary N) is 2. The molecule has 8 heteroatoms. The van der Waals surface area contributed by atoms with Gasteiger partial charge in [0.2, 0.25) is 0 Å². The fraction of sp³-hybridized carbons (Fsp3) is 0.353. The Balaban J connectivity index is 1.67. The number of halogens is 1. The van der Waals surface area contributed by atoms with Crippen molar-refractivity contribution < 1.29 is 9.13 Å². The highest BCUT2D eigenvalue weighted by molar-refractivity contribution is 5.62. The van der Waals surface area contributed by atoms with Crippen LogP contribution in [0.2, 0.25) is 0 Å². The summed E-state index contributed by atoms with van der Waals surface area (Å²) in [6.45, 7) is 3.94. The van der Waals surface area contributed by atoms with Gasteiger partial charge in [-0.05, 0) is 31.2 Å². The van der Waals surface area contributed by atoms with Crippen LogP contribution in [0.15, 0.2) is 36.8 Å². The van der Waals surface area contributed by atoms with Gasteiger partial charge < -0.3 is 14.6 Å². The van der Waals surface area contributed by atoms with Gasteiger partial charge >= 0.3 is 0 Å². The molecule has 3 aromatic rings. The summed E-state index contributed by atoms with van der Waals surface area (Å²) in [5.41, 5.74) is 2.77. The molecule has 0 amide bonds. The Morgan fingerprint density at radius 3 is 2.88 bits per heavy atom. The molecule has 2 aromatic heterocycles. The fourth-order valence-electron chi connectivity index (χ4n) is 2.63. The molecule has 1 atom stereocenters. The van der Waals surface area contributed by atoms with E-state index in [1.807, 2.05) is 11.5 Å². The summed E-state index contributed by atoms with van der Waals surface area (Å²) < 4.78 is 20.2. The third kappa shape index (κ3) is 4.09. The number of hydrogen-bond acceptors (Lipinski definition) is 5. The van der Waals surface area contributed by atoms with Gasteiger partial charge in [0, 0.05) is 31.3 Å². The smallest absolute Gasteiger partial charge is 0.149 e. The lowest BCUT2D eigenvalue weighted by Crippen LogP contribution is -2.22. The van der Waals surface area contributed by atoms with Gasteiger partial charge in [0.15, 0.2) is 0 Å². The van der Waals surface area contributed by atoms with Crippen molar-refractivity contribution in [3.05, 3.63) is 54.0 Å². The highest BCUT2D eigenvalue weighted by Crippen LogP contribution is 2.22. The lowest BCUT2D eigenvalue weighted by molar-refractivity contribution is 0.185. The standard InChI is InChI=1S/C17H21FN6O/c1-12(17-23-21-11-24(17)7-8-25-2)19-9-14-10-20-22-16(14)13-3-5-15(18)6-4-13/h3-6,10-12,19H,7-9H2,1-2H3,(H,20,22)/t12-/m1/s1. The first-order valence-electron chi connectivity index (χ1n) is 8.07. The average Bonchev–Trinajstić information content (AvgIpc) is 3.27. The number of aromatic amines is 1. The second-order valence-corrected chi connectivity index (χ2v) is 5.76. The molecule has 0 aliphatic rings. The van der Waals surface area contributed by atoms with Crippen LogP contribution in [0.5, 0.6) is 0 Å². The first kappa shape index (κ1) is 17.2. The van der Waals surface area contributed by atoms with Crippen LogP contribution < -0.4 is 5.32 Å². The van der Waals surface area contributed by atoms with Crippen LogP contribution in [0.3, 0.4) is 0 Å². The van der Waals surface area contributed by atoms with Gasteiger partial charge in [-0.1, -0.05) is 0 Å². The zero-order valence-corrected chi connectivity index (χ0v) is 14.2. The van der Waals surface area contributed by atoms with E-state index in [0.29, 0.717) is 19.7 Å². The van der Waals surface area contributed by atoms with Gasteiger partial charge in [0.1, 0.15) is 18.0 Å². The third-order valence-corrected chi connectivity index (χ3v) is 4.02. The van der Waals surface area contributed by atoms with E-state index in [1.165, 1.54) is 12.1 Å². The summed E-state index contributed by atoms with van der Waals surface area (Å²) in [4.78, 5) is 0. The molecule has 132 valence electrons. The number of ether oxygens (including phenoxy) is 1. The predicted octanol–water partition coefficient (Wildman–Crippen LogP) is 2.30. The molecule has 3 rings (SSSR count). The van der Waals surface area contributed by atoms with Crippen LogP contribution in [0.1, 0.15) is 24.4 Å². The van der Waals surface area contributed by atoms with E-state index in [1.54, 1.807) is 31.8 Å². The molecule has 25 heavy (non-hydrogen) atoms. The zero-order chi connectivity index (χ0) is 17.6. The fourth-order valence-corrected chi connectivity index (χ4v) is 2.63. The maximum absolute atomic E-state index is 13.1. The number of rotatable bonds is 8. The van der Waals surface area contributed by atoms with E-state index >= 15 is 0 Å². The zero-order valence-electron chi connectivity index (χ0n) is 14.2. The number of methoxy groups -OCH3 is 1. The maximum atomic E-state index is 13.1. The molecular formula is C17H21FN6O. The predicted molar refractivity (Wildman–Crippen MR) is 91.1 cm³/mol. The van der Waals surface area contributed by atoms with Gasteiger partial charge in [0.25, 0.3) is 0 Å². The van der Waals surface area contributed by atoms with E-state index in [-0.39, 0.29) is 11.9 Å². The molecule has 0 bridgehead atoms. The van der Waals surface area contributed by atoms with Crippen molar-refractivity contribution in [3.63, 3.8) is 0 Å². The minimum Gasteiger partial charge on any atom is -0.383 e. The average molecular weight is 344 g/mol. The maximum Gasteiger partial charge on any atom is 0.149 e. The van der Waals surface area contributed by atoms with Crippen LogP contribution in [0, 0.1) is 5.82 Å². The molecule has 0 aliphatic heterocycles. The minimum atomic E-state index is -0.257. The van der Waals surface area contributed by atoms with E-state index in [0.717, 1.165) is 22.6 Å². The molecule has 2 N–H and O–H groups in total. The summed E-state index contributed by atoms with van der Waals surface area (Å²) in [5, 5.41) is 18.7. The van der Waals surface area contributed by atoms with E-state index in [4.69, 9.17) is 4.74 Å². The summed E-state index contributed by atoms with van der Waals surface area (Å²) in [6.07, 6.45) is 3.47. The number of aromatic nitrogens is 5. The summed E-state index contributed by atoms with van der Waals surface area (Å²) in [5.74, 6) is 0.593. The van der Waals surface area contributed by atoms with Gasteiger partial charge in [0.05, 0.1) is 24.5 Å². The molecule has 0 aliphatic carbocycles. The largest absolute Gasteiger partial charge is 0.383 e. The molecule has 0 radical (unpaired) electrons. The Kier molecular flexibility index (Phi) is 5.52. The van der Waals surface area contributed by atoms with Crippen molar-refractivity contribution in [3.8, 4) is 11.3 Å². The molecule has 1 aromatic carbocycles. The van der Waals surface area contributed by atoms with Gasteiger partial charge in [-0.3, -0.25) is 5.10 Å². The third-order valence-electron chi connectivity index (χ3n) is 4.02. The van der Waals surface area contributed by atoms with Crippen molar-refractivity contribution in [2.75, 3.05) is 13.7 Å². The van der Waals surface area contributed by atoms with Gasteiger partial charge in [-0.2, -0.15) is 5.10 Å². The quantitative estimate of drug-likeness (QED) is 0.655. The normalized spacial score (nSPS) is 12.4. The molecule has 2 heterocycles. The Bertz CT molecular complexity index is 798. The molecule has 0 spiro atoms. The number of nitrogens with zero attached hydrogens (tertiary/aromatic N) is 4. The van der Waals surface area contributed by atoms with Crippen molar-refractivity contribution >= 4 is 0 Å². The molecular weight excluding hydrogens is 323 g/mol. The lowest BCUT2D eigenvalue weighted by atomic mass is 10.1. The van der Waals surface area contributed by atoms with Crippen LogP contribution in [-0.2, 0) is 17.8 Å². The first-order chi connectivity index (χ1) is 12.2. The van der Waals surface area contributed by atoms with Crippen LogP contribution in [0.4, 0.5) is 4.39 Å². The van der Waals surface area contributed by atoms with Crippen LogP contribution in [0.25, 0.3) is 11.3 Å². The Labute approximate surface area is 145 Å². The van der Waals surface area contributed by atoms with Crippen LogP contribution >= 0.6 is 0 Å². The second kappa shape index (κ2) is 8.00. The highest BCUT2D eigenvalue weighted by atomic mass is 19.1. The van der Waals surface area contributed by atoms with Crippen molar-refractivity contribution in [1.82, 2.24) is 30.3 Å². The van der Waals surface area contributed by atoms with Crippen molar-refractivity contribution in [2.45, 2.75) is 26.1 Å². The van der Waals surface area contributed by atoms with Crippen molar-refractivity contribution in [2.24, 2.45) is 0 Å². The second-order valence-electron chi connectivity index (χ2n) is 5.76. The SMILES string of the molecule is COCCn1cnnc1[C@@H](C)NCc1cn[nH]c1-c1ccc(F)cc1. The number of hydrogen-bond donors (Lipinski definition) is 2. The molecule has 0 saturated heterocycles. The summed E-state index contributed by atoms with van der Waals surface area (Å²) in [7, 11) is 1.67. The highest BCUT2D eigenvalue weighted by Gasteiger charge is 2.14. The summed E-state index contributed by atoms with van der Waals surface area (Å²) >= 11 is 0. The molecule has 0 unspecified atom stereocenters. The van der Waals surface area contributed by atoms with Crippen molar-refractivity contribution in [1.29, 1.82) is 0 Å². The van der Waals surface area contributed by atoms with Gasteiger partial charge in [-0.25, -0.2) is 4.39 Å². The Morgan fingerprint density at radius 1 is 1.32 bits per heavy atom. The molecule has 7 nitrogen and oxygen atoms in total. The number of benzene rings is 1. The number of H-pyrrole nitrogens is 1. The van der Waals surface area contributed by atoms with E-state index < -0.39 is 0 Å². The first-order valence-corrected chi connectivity index (χ1v) is 8.07. The summed E-state index contributed by atoms with van der Waals surface area (Å²) in [6, 6.07) is 6.35.